The van der Waals surface area contributed by atoms with Gasteiger partial charge >= 0.3 is 6.18 Å². The molecule has 4 rings (SSSR count). The molecule has 3 aromatic carbocycles. The number of nitrogens with zero attached hydrogens (tertiary/aromatic N) is 3. The predicted molar refractivity (Wildman–Crippen MR) is 139 cm³/mol. The quantitative estimate of drug-likeness (QED) is 0.292. The van der Waals surface area contributed by atoms with Gasteiger partial charge < -0.3 is 4.74 Å². The zero-order valence-electron chi connectivity index (χ0n) is 20.0. The molecule has 0 saturated carbocycles. The van der Waals surface area contributed by atoms with Crippen molar-refractivity contribution in [3.8, 4) is 17.7 Å². The minimum atomic E-state index is -4.60. The molecule has 0 radical (unpaired) electrons. The zero-order valence-corrected chi connectivity index (χ0v) is 21.6. The fourth-order valence-electron chi connectivity index (χ4n) is 4.26. The Morgan fingerprint density at radius 1 is 1.11 bits per heavy atom. The Morgan fingerprint density at radius 3 is 2.32 bits per heavy atom. The van der Waals surface area contributed by atoms with E-state index in [1.54, 1.807) is 59.6 Å². The molecule has 1 N–H and O–H groups in total. The molecule has 1 heterocycles. The van der Waals surface area contributed by atoms with E-state index in [9.17, 15) is 26.9 Å². The van der Waals surface area contributed by atoms with Gasteiger partial charge in [0.2, 0.25) is 5.96 Å². The van der Waals surface area contributed by atoms with E-state index in [-0.39, 0.29) is 30.2 Å². The van der Waals surface area contributed by atoms with Crippen LogP contribution in [0.1, 0.15) is 17.5 Å². The number of ether oxygens (including phenoxy) is 1. The Morgan fingerprint density at radius 2 is 1.74 bits per heavy atom. The van der Waals surface area contributed by atoms with Crippen LogP contribution in [0.5, 0.6) is 11.5 Å². The fourth-order valence-corrected chi connectivity index (χ4v) is 5.10. The molecular formula is C26H22ClF3N4O3S. The van der Waals surface area contributed by atoms with Crippen LogP contribution in [-0.4, -0.2) is 32.9 Å². The molecule has 1 unspecified atom stereocenters. The second kappa shape index (κ2) is 10.6. The van der Waals surface area contributed by atoms with Crippen molar-refractivity contribution < 1.29 is 26.3 Å². The first-order valence-electron chi connectivity index (χ1n) is 11.3. The van der Waals surface area contributed by atoms with E-state index in [4.69, 9.17) is 16.3 Å². The maximum absolute atomic E-state index is 13.6. The smallest absolute Gasteiger partial charge is 0.416 e. The van der Waals surface area contributed by atoms with Crippen molar-refractivity contribution in [3.63, 3.8) is 0 Å². The molecular weight excluding hydrogens is 541 g/mol. The lowest BCUT2D eigenvalue weighted by Crippen LogP contribution is -2.51. The Kier molecular flexibility index (Phi) is 7.58. The highest BCUT2D eigenvalue weighted by molar-refractivity contribution is 7.90. The van der Waals surface area contributed by atoms with Gasteiger partial charge in [0.05, 0.1) is 23.4 Å². The van der Waals surface area contributed by atoms with Crippen LogP contribution in [0.2, 0.25) is 5.02 Å². The van der Waals surface area contributed by atoms with E-state index in [1.807, 2.05) is 0 Å². The SMILES string of the molecule is CS(=O)(=O)CCC1(c2cccc(C(F)(F)F)c2)CN=C(NC#N)N1c1ccc(Oc2ccc(Cl)cc2)cc1. The van der Waals surface area contributed by atoms with Gasteiger partial charge in [0.15, 0.2) is 6.19 Å². The van der Waals surface area contributed by atoms with Crippen LogP contribution in [0.3, 0.4) is 0 Å². The predicted octanol–water partition coefficient (Wildman–Crippen LogP) is 5.73. The molecule has 3 aromatic rings. The summed E-state index contributed by atoms with van der Waals surface area (Å²) in [5.41, 5.74) is -1.50. The van der Waals surface area contributed by atoms with Crippen molar-refractivity contribution in [2.75, 3.05) is 23.5 Å². The highest BCUT2D eigenvalue weighted by atomic mass is 35.5. The van der Waals surface area contributed by atoms with E-state index in [2.05, 4.69) is 10.3 Å². The number of guanidine groups is 1. The summed E-state index contributed by atoms with van der Waals surface area (Å²) in [7, 11) is -3.49. The molecule has 1 aliphatic heterocycles. The molecule has 0 aromatic heterocycles. The normalized spacial score (nSPS) is 17.6. The molecule has 12 heteroatoms. The summed E-state index contributed by atoms with van der Waals surface area (Å²) in [5, 5.41) is 12.4. The van der Waals surface area contributed by atoms with Gasteiger partial charge in [-0.15, -0.1) is 0 Å². The fraction of sp³-hybridized carbons (Fsp3) is 0.231. The summed E-state index contributed by atoms with van der Waals surface area (Å²) < 4.78 is 70.9. The van der Waals surface area contributed by atoms with Gasteiger partial charge in [-0.05, 0) is 72.6 Å². The summed E-state index contributed by atoms with van der Waals surface area (Å²) in [6.45, 7) is -0.0725. The molecule has 0 fully saturated rings. The number of nitrogens with one attached hydrogen (secondary N) is 1. The zero-order chi connectivity index (χ0) is 27.6. The summed E-state index contributed by atoms with van der Waals surface area (Å²) in [4.78, 5) is 5.97. The molecule has 198 valence electrons. The van der Waals surface area contributed by atoms with Crippen molar-refractivity contribution in [3.05, 3.63) is 88.9 Å². The van der Waals surface area contributed by atoms with Crippen molar-refractivity contribution >= 4 is 33.1 Å². The Bertz CT molecular complexity index is 1490. The van der Waals surface area contributed by atoms with E-state index in [0.29, 0.717) is 22.2 Å². The molecule has 1 atom stereocenters. The van der Waals surface area contributed by atoms with Crippen LogP contribution in [0.15, 0.2) is 77.8 Å². The molecule has 0 bridgehead atoms. The standard InChI is InChI=1S/C26H22ClF3N4O3S/c1-38(35,36)14-13-25(18-3-2-4-19(15-18)26(28,29)30)16-32-24(33-17-31)34(25)21-7-11-23(12-8-21)37-22-9-5-20(27)6-10-22/h2-12,15H,13-14,16H2,1H3,(H,32,33). The number of aliphatic imine (C=N–C) groups is 1. The lowest BCUT2D eigenvalue weighted by atomic mass is 9.84. The number of sulfone groups is 1. The first-order chi connectivity index (χ1) is 17.9. The summed E-state index contributed by atoms with van der Waals surface area (Å²) in [6, 6.07) is 18.1. The van der Waals surface area contributed by atoms with Crippen LogP contribution in [0, 0.1) is 11.5 Å². The number of benzene rings is 3. The van der Waals surface area contributed by atoms with Gasteiger partial charge in [0.1, 0.15) is 21.3 Å². The lowest BCUT2D eigenvalue weighted by molar-refractivity contribution is -0.137. The van der Waals surface area contributed by atoms with Gasteiger partial charge in [0, 0.05) is 17.0 Å². The minimum absolute atomic E-state index is 0.0725. The highest BCUT2D eigenvalue weighted by Crippen LogP contribution is 2.43. The molecule has 0 aliphatic carbocycles. The average molecular weight is 563 g/mol. The molecule has 38 heavy (non-hydrogen) atoms. The Labute approximate surface area is 223 Å². The van der Waals surface area contributed by atoms with Crippen LogP contribution < -0.4 is 15.0 Å². The second-order valence-electron chi connectivity index (χ2n) is 8.75. The number of hydrogen-bond acceptors (Lipinski definition) is 7. The number of rotatable bonds is 7. The van der Waals surface area contributed by atoms with Gasteiger partial charge in [0.25, 0.3) is 0 Å². The van der Waals surface area contributed by atoms with Crippen molar-refractivity contribution in [2.45, 2.75) is 18.1 Å². The summed E-state index contributed by atoms with van der Waals surface area (Å²) in [6.07, 6.45) is -1.82. The topological polar surface area (TPSA) is 94.8 Å². The number of halogens is 4. The third-order valence-corrected chi connectivity index (χ3v) is 7.25. The van der Waals surface area contributed by atoms with Crippen LogP contribution in [0.25, 0.3) is 0 Å². The Balaban J connectivity index is 1.78. The lowest BCUT2D eigenvalue weighted by Gasteiger charge is -2.40. The maximum Gasteiger partial charge on any atom is 0.416 e. The first-order valence-corrected chi connectivity index (χ1v) is 13.7. The van der Waals surface area contributed by atoms with E-state index >= 15 is 0 Å². The number of nitriles is 1. The molecule has 0 amide bonds. The van der Waals surface area contributed by atoms with E-state index < -0.39 is 27.1 Å². The van der Waals surface area contributed by atoms with E-state index in [0.717, 1.165) is 18.4 Å². The van der Waals surface area contributed by atoms with Crippen molar-refractivity contribution in [1.29, 1.82) is 5.26 Å². The number of anilines is 1. The second-order valence-corrected chi connectivity index (χ2v) is 11.4. The largest absolute Gasteiger partial charge is 0.457 e. The van der Waals surface area contributed by atoms with Crippen LogP contribution in [-0.2, 0) is 21.6 Å². The van der Waals surface area contributed by atoms with Gasteiger partial charge in [-0.2, -0.15) is 18.4 Å². The van der Waals surface area contributed by atoms with E-state index in [1.165, 1.54) is 12.1 Å². The monoisotopic (exact) mass is 562 g/mol. The number of hydrogen-bond donors (Lipinski definition) is 1. The summed E-state index contributed by atoms with van der Waals surface area (Å²) in [5.74, 6) is 0.795. The van der Waals surface area contributed by atoms with Crippen LogP contribution >= 0.6 is 11.6 Å². The van der Waals surface area contributed by atoms with Crippen molar-refractivity contribution in [1.82, 2.24) is 5.32 Å². The molecule has 7 nitrogen and oxygen atoms in total. The molecule has 0 spiro atoms. The average Bonchev–Trinajstić information content (AvgIpc) is 3.23. The third kappa shape index (κ3) is 6.03. The molecule has 1 aliphatic rings. The van der Waals surface area contributed by atoms with Gasteiger partial charge in [-0.25, -0.2) is 13.4 Å². The Hall–Kier alpha value is -3.75. The highest BCUT2D eigenvalue weighted by Gasteiger charge is 2.47. The third-order valence-electron chi connectivity index (χ3n) is 6.06. The number of alkyl halides is 3. The molecule has 0 saturated heterocycles. The van der Waals surface area contributed by atoms with Gasteiger partial charge in [-0.3, -0.25) is 10.2 Å². The van der Waals surface area contributed by atoms with Crippen LogP contribution in [0.4, 0.5) is 18.9 Å². The summed E-state index contributed by atoms with van der Waals surface area (Å²) >= 11 is 5.91. The van der Waals surface area contributed by atoms with Gasteiger partial charge in [-0.1, -0.05) is 23.7 Å². The first kappa shape index (κ1) is 27.3. The maximum atomic E-state index is 13.6. The minimum Gasteiger partial charge on any atom is -0.457 e. The van der Waals surface area contributed by atoms with Crippen molar-refractivity contribution in [2.24, 2.45) is 4.99 Å².